The highest BCUT2D eigenvalue weighted by molar-refractivity contribution is 5.43. The first-order valence-corrected chi connectivity index (χ1v) is 6.57. The van der Waals surface area contributed by atoms with Gasteiger partial charge in [-0.3, -0.25) is 4.98 Å². The topological polar surface area (TPSA) is 28.2 Å². The Kier molecular flexibility index (Phi) is 4.00. The molecule has 1 fully saturated rings. The Hall–Kier alpha value is -1.09. The summed E-state index contributed by atoms with van der Waals surface area (Å²) in [5.41, 5.74) is 2.38. The van der Waals surface area contributed by atoms with Crippen LogP contribution in [-0.4, -0.2) is 35.1 Å². The van der Waals surface area contributed by atoms with Crippen LogP contribution in [0.4, 0.5) is 5.69 Å². The summed E-state index contributed by atoms with van der Waals surface area (Å²) in [6.45, 7) is 9.04. The molecule has 1 aromatic rings. The van der Waals surface area contributed by atoms with Crippen LogP contribution < -0.4 is 5.32 Å². The zero-order chi connectivity index (χ0) is 12.3. The molecule has 0 aromatic carbocycles. The van der Waals surface area contributed by atoms with Gasteiger partial charge >= 0.3 is 0 Å². The molecule has 0 radical (unpaired) electrons. The van der Waals surface area contributed by atoms with Crippen LogP contribution in [-0.2, 0) is 0 Å². The van der Waals surface area contributed by atoms with Crippen molar-refractivity contribution in [3.05, 3.63) is 24.0 Å². The van der Waals surface area contributed by atoms with Gasteiger partial charge in [-0.15, -0.1) is 0 Å². The molecular formula is C14H23N3. The third-order valence-electron chi connectivity index (χ3n) is 3.51. The maximum Gasteiger partial charge on any atom is 0.0531 e. The van der Waals surface area contributed by atoms with E-state index in [9.17, 15) is 0 Å². The SMILES string of the molecule is Cc1cncc(NC2CCN(C(C)C)CC2)c1. The van der Waals surface area contributed by atoms with E-state index >= 15 is 0 Å². The monoisotopic (exact) mass is 233 g/mol. The lowest BCUT2D eigenvalue weighted by Crippen LogP contribution is -2.42. The quantitative estimate of drug-likeness (QED) is 0.870. The summed E-state index contributed by atoms with van der Waals surface area (Å²) < 4.78 is 0. The van der Waals surface area contributed by atoms with Crippen LogP contribution in [0.2, 0.25) is 0 Å². The molecule has 0 aliphatic carbocycles. The predicted octanol–water partition coefficient (Wildman–Crippen LogP) is 2.67. The molecule has 1 aromatic heterocycles. The van der Waals surface area contributed by atoms with Gasteiger partial charge in [0.05, 0.1) is 5.69 Å². The van der Waals surface area contributed by atoms with Gasteiger partial charge in [-0.05, 0) is 45.2 Å². The van der Waals surface area contributed by atoms with E-state index in [1.54, 1.807) is 0 Å². The van der Waals surface area contributed by atoms with Crippen LogP contribution in [0.5, 0.6) is 0 Å². The minimum atomic E-state index is 0.605. The standard InChI is InChI=1S/C14H23N3/c1-11(2)17-6-4-13(5-7-17)16-14-8-12(3)9-15-10-14/h8-11,13,16H,4-7H2,1-3H3. The first-order valence-electron chi connectivity index (χ1n) is 6.57. The van der Waals surface area contributed by atoms with Gasteiger partial charge in [-0.25, -0.2) is 0 Å². The summed E-state index contributed by atoms with van der Waals surface area (Å²) >= 11 is 0. The molecule has 0 amide bonds. The van der Waals surface area contributed by atoms with E-state index in [2.05, 4.69) is 42.0 Å². The molecule has 1 saturated heterocycles. The Morgan fingerprint density at radius 1 is 1.29 bits per heavy atom. The van der Waals surface area contributed by atoms with Crippen LogP contribution >= 0.6 is 0 Å². The normalized spacial score (nSPS) is 18.6. The van der Waals surface area contributed by atoms with Crippen LogP contribution in [0.25, 0.3) is 0 Å². The van der Waals surface area contributed by atoms with E-state index in [1.807, 2.05) is 12.4 Å². The molecule has 0 atom stereocenters. The Labute approximate surface area is 104 Å². The van der Waals surface area contributed by atoms with E-state index in [4.69, 9.17) is 0 Å². The lowest BCUT2D eigenvalue weighted by molar-refractivity contribution is 0.177. The maximum atomic E-state index is 4.22. The second kappa shape index (κ2) is 5.50. The van der Waals surface area contributed by atoms with Crippen molar-refractivity contribution in [2.24, 2.45) is 0 Å². The van der Waals surface area contributed by atoms with Crippen molar-refractivity contribution in [2.45, 2.75) is 45.7 Å². The zero-order valence-corrected chi connectivity index (χ0v) is 11.1. The molecule has 0 saturated carbocycles. The Bertz CT molecular complexity index is 354. The van der Waals surface area contributed by atoms with Crippen LogP contribution in [0.15, 0.2) is 18.5 Å². The average Bonchev–Trinajstić information content (AvgIpc) is 2.29. The Morgan fingerprint density at radius 2 is 2.00 bits per heavy atom. The van der Waals surface area contributed by atoms with Gasteiger partial charge in [0.25, 0.3) is 0 Å². The smallest absolute Gasteiger partial charge is 0.0531 e. The molecule has 0 spiro atoms. The predicted molar refractivity (Wildman–Crippen MR) is 72.3 cm³/mol. The molecular weight excluding hydrogens is 210 g/mol. The third kappa shape index (κ3) is 3.43. The summed E-state index contributed by atoms with van der Waals surface area (Å²) in [6.07, 6.45) is 6.27. The van der Waals surface area contributed by atoms with Crippen LogP contribution in [0.3, 0.4) is 0 Å². The fraction of sp³-hybridized carbons (Fsp3) is 0.643. The minimum absolute atomic E-state index is 0.605. The fourth-order valence-electron chi connectivity index (χ4n) is 2.43. The van der Waals surface area contributed by atoms with Crippen molar-refractivity contribution in [3.63, 3.8) is 0 Å². The molecule has 1 N–H and O–H groups in total. The van der Waals surface area contributed by atoms with Gasteiger partial charge in [-0.1, -0.05) is 0 Å². The summed E-state index contributed by atoms with van der Waals surface area (Å²) in [5.74, 6) is 0. The molecule has 94 valence electrons. The number of hydrogen-bond acceptors (Lipinski definition) is 3. The Balaban J connectivity index is 1.86. The number of aromatic nitrogens is 1. The number of nitrogens with zero attached hydrogens (tertiary/aromatic N) is 2. The van der Waals surface area contributed by atoms with E-state index in [0.29, 0.717) is 12.1 Å². The number of piperidine rings is 1. The second-order valence-corrected chi connectivity index (χ2v) is 5.30. The molecule has 17 heavy (non-hydrogen) atoms. The van der Waals surface area contributed by atoms with Crippen molar-refractivity contribution in [1.82, 2.24) is 9.88 Å². The lowest BCUT2D eigenvalue weighted by Gasteiger charge is -2.35. The van der Waals surface area contributed by atoms with Crippen LogP contribution in [0, 0.1) is 6.92 Å². The summed E-state index contributed by atoms with van der Waals surface area (Å²) in [7, 11) is 0. The number of hydrogen-bond donors (Lipinski definition) is 1. The van der Waals surface area contributed by atoms with Crippen molar-refractivity contribution in [2.75, 3.05) is 18.4 Å². The van der Waals surface area contributed by atoms with Crippen molar-refractivity contribution >= 4 is 5.69 Å². The average molecular weight is 233 g/mol. The largest absolute Gasteiger partial charge is 0.381 e. The van der Waals surface area contributed by atoms with Gasteiger partial charge in [0.15, 0.2) is 0 Å². The highest BCUT2D eigenvalue weighted by atomic mass is 15.2. The molecule has 3 heteroatoms. The van der Waals surface area contributed by atoms with E-state index in [1.165, 1.54) is 31.5 Å². The molecule has 0 bridgehead atoms. The van der Waals surface area contributed by atoms with Gasteiger partial charge in [-0.2, -0.15) is 0 Å². The van der Waals surface area contributed by atoms with Crippen LogP contribution in [0.1, 0.15) is 32.3 Å². The summed E-state index contributed by atoms with van der Waals surface area (Å²) in [4.78, 5) is 6.77. The second-order valence-electron chi connectivity index (χ2n) is 5.30. The van der Waals surface area contributed by atoms with Crippen molar-refractivity contribution < 1.29 is 0 Å². The number of aryl methyl sites for hydroxylation is 1. The zero-order valence-electron chi connectivity index (χ0n) is 11.1. The highest BCUT2D eigenvalue weighted by Crippen LogP contribution is 2.17. The summed E-state index contributed by atoms with van der Waals surface area (Å²) in [5, 5.41) is 3.59. The molecule has 2 rings (SSSR count). The number of rotatable bonds is 3. The van der Waals surface area contributed by atoms with Gasteiger partial charge in [0, 0.05) is 37.6 Å². The number of pyridine rings is 1. The third-order valence-corrected chi connectivity index (χ3v) is 3.51. The molecule has 2 heterocycles. The number of likely N-dealkylation sites (tertiary alicyclic amines) is 1. The van der Waals surface area contributed by atoms with E-state index in [0.717, 1.165) is 5.69 Å². The minimum Gasteiger partial charge on any atom is -0.381 e. The Morgan fingerprint density at radius 3 is 2.59 bits per heavy atom. The van der Waals surface area contributed by atoms with Gasteiger partial charge in [0.2, 0.25) is 0 Å². The van der Waals surface area contributed by atoms with E-state index in [-0.39, 0.29) is 0 Å². The van der Waals surface area contributed by atoms with Gasteiger partial charge < -0.3 is 10.2 Å². The fourth-order valence-corrected chi connectivity index (χ4v) is 2.43. The van der Waals surface area contributed by atoms with Crippen molar-refractivity contribution in [1.29, 1.82) is 0 Å². The lowest BCUT2D eigenvalue weighted by atomic mass is 10.0. The first kappa shape index (κ1) is 12.4. The van der Waals surface area contributed by atoms with Gasteiger partial charge in [0.1, 0.15) is 0 Å². The molecule has 0 unspecified atom stereocenters. The maximum absolute atomic E-state index is 4.22. The number of anilines is 1. The molecule has 1 aliphatic rings. The van der Waals surface area contributed by atoms with Crippen molar-refractivity contribution in [3.8, 4) is 0 Å². The first-order chi connectivity index (χ1) is 8.15. The van der Waals surface area contributed by atoms with E-state index < -0.39 is 0 Å². The molecule has 1 aliphatic heterocycles. The molecule has 3 nitrogen and oxygen atoms in total. The summed E-state index contributed by atoms with van der Waals surface area (Å²) in [6, 6.07) is 3.45. The highest BCUT2D eigenvalue weighted by Gasteiger charge is 2.20. The number of nitrogens with one attached hydrogen (secondary N) is 1.